The van der Waals surface area contributed by atoms with Crippen LogP contribution in [0.25, 0.3) is 0 Å². The van der Waals surface area contributed by atoms with Gasteiger partial charge in [0.05, 0.1) is 27.0 Å². The minimum absolute atomic E-state index is 0.0142. The molecule has 0 fully saturated rings. The third-order valence-electron chi connectivity index (χ3n) is 8.05. The predicted molar refractivity (Wildman–Crippen MR) is 165 cm³/mol. The Morgan fingerprint density at radius 2 is 1.52 bits per heavy atom. The number of dihydropyridines is 1. The van der Waals surface area contributed by atoms with Crippen LogP contribution in [0.2, 0.25) is 0 Å². The average molecular weight is 568 g/mol. The first-order valence-corrected chi connectivity index (χ1v) is 13.9. The molecule has 5 rings (SSSR count). The molecule has 3 aromatic rings. The van der Waals surface area contributed by atoms with Crippen molar-refractivity contribution in [2.45, 2.75) is 31.6 Å². The van der Waals surface area contributed by atoms with Crippen LogP contribution in [0.4, 0.5) is 11.4 Å². The molecule has 1 aliphatic carbocycles. The molecule has 0 saturated carbocycles. The Bertz CT molecular complexity index is 1570. The Morgan fingerprint density at radius 1 is 0.857 bits per heavy atom. The number of benzene rings is 3. The Hall–Kier alpha value is -4.72. The smallest absolute Gasteiger partial charge is 0.254 e. The zero-order valence-electron chi connectivity index (χ0n) is 24.9. The van der Waals surface area contributed by atoms with Crippen molar-refractivity contribution in [1.29, 1.82) is 0 Å². The summed E-state index contributed by atoms with van der Waals surface area (Å²) in [5, 5.41) is 6.49. The quantitative estimate of drug-likeness (QED) is 0.357. The minimum Gasteiger partial charge on any atom is -0.495 e. The van der Waals surface area contributed by atoms with E-state index in [1.54, 1.807) is 33.5 Å². The maximum atomic E-state index is 14.0. The van der Waals surface area contributed by atoms with Gasteiger partial charge in [0.25, 0.3) is 5.91 Å². The molecule has 0 unspecified atom stereocenters. The van der Waals surface area contributed by atoms with Gasteiger partial charge in [-0.25, -0.2) is 0 Å². The highest BCUT2D eigenvalue weighted by molar-refractivity contribution is 6.10. The van der Waals surface area contributed by atoms with E-state index in [4.69, 9.17) is 14.2 Å². The summed E-state index contributed by atoms with van der Waals surface area (Å²) < 4.78 is 16.4. The second kappa shape index (κ2) is 12.0. The van der Waals surface area contributed by atoms with Crippen molar-refractivity contribution in [2.75, 3.05) is 45.6 Å². The summed E-state index contributed by atoms with van der Waals surface area (Å²) in [7, 11) is 8.74. The fourth-order valence-electron chi connectivity index (χ4n) is 5.92. The number of nitrogens with one attached hydrogen (secondary N) is 2. The molecule has 8 heteroatoms. The number of nitrogens with zero attached hydrogens (tertiary/aromatic N) is 1. The summed E-state index contributed by atoms with van der Waals surface area (Å²) in [6, 6.07) is 21.1. The van der Waals surface area contributed by atoms with E-state index >= 15 is 0 Å². The number of para-hydroxylation sites is 2. The van der Waals surface area contributed by atoms with Gasteiger partial charge in [-0.1, -0.05) is 30.3 Å². The number of rotatable bonds is 8. The van der Waals surface area contributed by atoms with Gasteiger partial charge < -0.3 is 29.7 Å². The van der Waals surface area contributed by atoms with Crippen molar-refractivity contribution in [1.82, 2.24) is 5.32 Å². The Kier molecular flexibility index (Phi) is 8.24. The van der Waals surface area contributed by atoms with Gasteiger partial charge in [-0.3, -0.25) is 9.59 Å². The van der Waals surface area contributed by atoms with Gasteiger partial charge in [-0.2, -0.15) is 0 Å². The lowest BCUT2D eigenvalue weighted by molar-refractivity contribution is -0.116. The fourth-order valence-corrected chi connectivity index (χ4v) is 5.92. The highest BCUT2D eigenvalue weighted by Crippen LogP contribution is 2.47. The maximum absolute atomic E-state index is 14.0. The molecular formula is C34H37N3O5. The number of allylic oxidation sites excluding steroid dienone is 3. The number of Topliss-reactive ketones (excluding diaryl/α,β-unsaturated/α-hetero) is 1. The molecule has 3 aromatic carbocycles. The van der Waals surface area contributed by atoms with Crippen LogP contribution >= 0.6 is 0 Å². The summed E-state index contributed by atoms with van der Waals surface area (Å²) in [6.45, 7) is 1.90. The van der Waals surface area contributed by atoms with Crippen LogP contribution in [-0.4, -0.2) is 47.1 Å². The highest BCUT2D eigenvalue weighted by Gasteiger charge is 2.41. The van der Waals surface area contributed by atoms with E-state index in [0.29, 0.717) is 52.6 Å². The lowest BCUT2D eigenvalue weighted by atomic mass is 9.71. The Balaban J connectivity index is 1.56. The summed E-state index contributed by atoms with van der Waals surface area (Å²) in [6.07, 6.45) is 0.949. The van der Waals surface area contributed by atoms with Crippen LogP contribution in [0.1, 0.15) is 42.7 Å². The molecule has 2 N–H and O–H groups in total. The third-order valence-corrected chi connectivity index (χ3v) is 8.05. The van der Waals surface area contributed by atoms with E-state index in [1.165, 1.54) is 0 Å². The lowest BCUT2D eigenvalue weighted by Crippen LogP contribution is -2.37. The van der Waals surface area contributed by atoms with Gasteiger partial charge >= 0.3 is 0 Å². The van der Waals surface area contributed by atoms with Crippen LogP contribution < -0.4 is 29.7 Å². The summed E-state index contributed by atoms with van der Waals surface area (Å²) in [5.74, 6) is 0.996. The molecule has 42 heavy (non-hydrogen) atoms. The van der Waals surface area contributed by atoms with Gasteiger partial charge in [-0.05, 0) is 66.8 Å². The van der Waals surface area contributed by atoms with Crippen molar-refractivity contribution in [3.63, 3.8) is 0 Å². The van der Waals surface area contributed by atoms with E-state index < -0.39 is 5.92 Å². The molecule has 8 nitrogen and oxygen atoms in total. The number of carbonyl (C=O) groups is 2. The molecule has 0 aromatic heterocycles. The topological polar surface area (TPSA) is 89.1 Å². The highest BCUT2D eigenvalue weighted by atomic mass is 16.5. The van der Waals surface area contributed by atoms with E-state index in [2.05, 4.69) is 10.6 Å². The van der Waals surface area contributed by atoms with Gasteiger partial charge in [0, 0.05) is 54.7 Å². The second-order valence-electron chi connectivity index (χ2n) is 10.8. The minimum atomic E-state index is -0.522. The van der Waals surface area contributed by atoms with E-state index in [1.807, 2.05) is 80.5 Å². The fraction of sp³-hybridized carbons (Fsp3) is 0.294. The molecule has 2 aliphatic rings. The number of ether oxygens (including phenoxy) is 3. The van der Waals surface area contributed by atoms with Crippen LogP contribution in [0, 0.1) is 0 Å². The van der Waals surface area contributed by atoms with Crippen LogP contribution in [0.15, 0.2) is 89.3 Å². The average Bonchev–Trinajstić information content (AvgIpc) is 3.00. The SMILES string of the molecule is COc1ccccc1NC(=O)C1=C(C)NC2=C(C(=O)C[C@H](c3ccc(OC)c(OC)c3)C2)[C@@H]1c1ccc(N(C)C)cc1. The first kappa shape index (κ1) is 28.8. The molecule has 2 atom stereocenters. The molecule has 0 bridgehead atoms. The first-order valence-electron chi connectivity index (χ1n) is 13.9. The van der Waals surface area contributed by atoms with Gasteiger partial charge in [0.1, 0.15) is 5.75 Å². The van der Waals surface area contributed by atoms with E-state index in [9.17, 15) is 9.59 Å². The van der Waals surface area contributed by atoms with Gasteiger partial charge in [0.15, 0.2) is 17.3 Å². The first-order chi connectivity index (χ1) is 20.2. The number of amides is 1. The molecule has 1 aliphatic heterocycles. The van der Waals surface area contributed by atoms with E-state index in [-0.39, 0.29) is 17.6 Å². The molecule has 0 radical (unpaired) electrons. The predicted octanol–water partition coefficient (Wildman–Crippen LogP) is 5.78. The normalized spacial score (nSPS) is 18.2. The van der Waals surface area contributed by atoms with Crippen molar-refractivity contribution in [2.24, 2.45) is 0 Å². The Morgan fingerprint density at radius 3 is 2.19 bits per heavy atom. The molecule has 218 valence electrons. The van der Waals surface area contributed by atoms with Crippen molar-refractivity contribution in [3.05, 3.63) is 100 Å². The number of hydrogen-bond acceptors (Lipinski definition) is 7. The molecule has 0 spiro atoms. The van der Waals surface area contributed by atoms with Gasteiger partial charge in [-0.15, -0.1) is 0 Å². The molecule has 1 amide bonds. The summed E-state index contributed by atoms with van der Waals surface area (Å²) >= 11 is 0. The Labute approximate surface area is 247 Å². The monoisotopic (exact) mass is 567 g/mol. The maximum Gasteiger partial charge on any atom is 0.254 e. The van der Waals surface area contributed by atoms with Crippen molar-refractivity contribution in [3.8, 4) is 17.2 Å². The number of methoxy groups -OCH3 is 3. The van der Waals surface area contributed by atoms with Crippen LogP contribution in [-0.2, 0) is 9.59 Å². The molecule has 1 heterocycles. The number of carbonyl (C=O) groups excluding carboxylic acids is 2. The van der Waals surface area contributed by atoms with Gasteiger partial charge in [0.2, 0.25) is 0 Å². The zero-order valence-corrected chi connectivity index (χ0v) is 24.9. The second-order valence-corrected chi connectivity index (χ2v) is 10.8. The third kappa shape index (κ3) is 5.44. The summed E-state index contributed by atoms with van der Waals surface area (Å²) in [5.41, 5.74) is 6.19. The number of hydrogen-bond donors (Lipinski definition) is 2. The molecule has 0 saturated heterocycles. The number of ketones is 1. The number of anilines is 2. The van der Waals surface area contributed by atoms with Crippen molar-refractivity contribution >= 4 is 23.1 Å². The zero-order chi connectivity index (χ0) is 30.0. The molecular weight excluding hydrogens is 530 g/mol. The van der Waals surface area contributed by atoms with Crippen molar-refractivity contribution < 1.29 is 23.8 Å². The van der Waals surface area contributed by atoms with Crippen LogP contribution in [0.5, 0.6) is 17.2 Å². The summed E-state index contributed by atoms with van der Waals surface area (Å²) in [4.78, 5) is 30.0. The standard InChI is InChI=1S/C34H37N3O5/c1-20-31(34(39)36-25-9-7-8-10-28(25)40-4)32(21-11-14-24(15-12-21)37(2)3)33-26(35-20)17-23(18-27(33)38)22-13-16-29(41-5)30(19-22)42-6/h7-16,19,23,32,35H,17-18H2,1-6H3,(H,36,39)/t23-,32-/m1/s1. The van der Waals surface area contributed by atoms with Crippen LogP contribution in [0.3, 0.4) is 0 Å². The lowest BCUT2D eigenvalue weighted by Gasteiger charge is -2.37. The van der Waals surface area contributed by atoms with E-state index in [0.717, 1.165) is 22.5 Å². The largest absolute Gasteiger partial charge is 0.495 e.